The Bertz CT molecular complexity index is 912. The number of anilines is 2. The summed E-state index contributed by atoms with van der Waals surface area (Å²) in [7, 11) is 5.32. The Kier molecular flexibility index (Phi) is 7.17. The molecule has 0 atom stereocenters. The molecule has 1 N–H and O–H groups in total. The Labute approximate surface area is 163 Å². The molecule has 0 aliphatic carbocycles. The summed E-state index contributed by atoms with van der Waals surface area (Å²) in [5.74, 6) is -0.916. The molecular weight excluding hydrogens is 358 g/mol. The summed E-state index contributed by atoms with van der Waals surface area (Å²) in [4.78, 5) is 26.1. The summed E-state index contributed by atoms with van der Waals surface area (Å²) in [5.41, 5.74) is 1.94. The van der Waals surface area contributed by atoms with Crippen molar-refractivity contribution >= 4 is 29.3 Å². The van der Waals surface area contributed by atoms with Gasteiger partial charge in [-0.2, -0.15) is 5.26 Å². The van der Waals surface area contributed by atoms with Crippen molar-refractivity contribution in [2.24, 2.45) is 0 Å². The number of hydrogen-bond donors (Lipinski definition) is 1. The van der Waals surface area contributed by atoms with Gasteiger partial charge in [-0.1, -0.05) is 24.3 Å². The molecule has 0 fully saturated rings. The van der Waals surface area contributed by atoms with Gasteiger partial charge in [0.05, 0.1) is 12.8 Å². The van der Waals surface area contributed by atoms with E-state index in [1.807, 2.05) is 31.1 Å². The fourth-order valence-corrected chi connectivity index (χ4v) is 2.32. The summed E-state index contributed by atoms with van der Waals surface area (Å²) < 4.78 is 10.1. The number of benzene rings is 2. The zero-order valence-electron chi connectivity index (χ0n) is 15.9. The van der Waals surface area contributed by atoms with Crippen molar-refractivity contribution in [3.05, 3.63) is 59.7 Å². The van der Waals surface area contributed by atoms with E-state index in [1.54, 1.807) is 42.5 Å². The van der Waals surface area contributed by atoms with E-state index < -0.39 is 18.5 Å². The number of carbonyl (C=O) groups excluding carboxylic acids is 2. The number of hydrogen-bond acceptors (Lipinski definition) is 6. The number of rotatable bonds is 7. The van der Waals surface area contributed by atoms with Crippen LogP contribution < -0.4 is 15.0 Å². The van der Waals surface area contributed by atoms with Crippen molar-refractivity contribution in [3.8, 4) is 11.8 Å². The Morgan fingerprint density at radius 1 is 1.14 bits per heavy atom. The number of ether oxygens (including phenoxy) is 2. The summed E-state index contributed by atoms with van der Waals surface area (Å²) in [5, 5.41) is 11.8. The number of esters is 1. The molecule has 0 saturated heterocycles. The Balaban J connectivity index is 1.98. The SMILES string of the molecule is COc1ccccc1NC(=O)COC(=O)/C(C#N)=C/c1ccc(N(C)C)cc1. The van der Waals surface area contributed by atoms with Crippen LogP contribution in [0.5, 0.6) is 5.75 Å². The van der Waals surface area contributed by atoms with E-state index in [2.05, 4.69) is 5.32 Å². The fourth-order valence-electron chi connectivity index (χ4n) is 2.32. The number of nitriles is 1. The first-order chi connectivity index (χ1) is 13.4. The first kappa shape index (κ1) is 20.5. The molecular formula is C21H21N3O4. The third kappa shape index (κ3) is 5.61. The summed E-state index contributed by atoms with van der Waals surface area (Å²) in [6.07, 6.45) is 1.42. The molecule has 1 amide bonds. The minimum atomic E-state index is -0.866. The number of nitrogens with zero attached hydrogens (tertiary/aromatic N) is 2. The van der Waals surface area contributed by atoms with Gasteiger partial charge in [0.1, 0.15) is 17.4 Å². The van der Waals surface area contributed by atoms with Gasteiger partial charge in [-0.15, -0.1) is 0 Å². The summed E-state index contributed by atoms with van der Waals surface area (Å²) in [6, 6.07) is 16.0. The fraction of sp³-hybridized carbons (Fsp3) is 0.190. The molecule has 0 aromatic heterocycles. The van der Waals surface area contributed by atoms with Gasteiger partial charge in [-0.05, 0) is 35.9 Å². The van der Waals surface area contributed by atoms with Crippen molar-refractivity contribution < 1.29 is 19.1 Å². The van der Waals surface area contributed by atoms with Crippen LogP contribution in [-0.2, 0) is 14.3 Å². The predicted molar refractivity (Wildman–Crippen MR) is 107 cm³/mol. The minimum Gasteiger partial charge on any atom is -0.495 e. The Morgan fingerprint density at radius 3 is 2.43 bits per heavy atom. The maximum atomic E-state index is 12.1. The highest BCUT2D eigenvalue weighted by Gasteiger charge is 2.14. The van der Waals surface area contributed by atoms with Crippen LogP contribution in [0, 0.1) is 11.3 Å². The topological polar surface area (TPSA) is 91.7 Å². The third-order valence-electron chi connectivity index (χ3n) is 3.78. The van der Waals surface area contributed by atoms with Crippen molar-refractivity contribution in [2.75, 3.05) is 38.0 Å². The van der Waals surface area contributed by atoms with Crippen LogP contribution >= 0.6 is 0 Å². The van der Waals surface area contributed by atoms with Crippen LogP contribution in [0.2, 0.25) is 0 Å². The molecule has 2 aromatic rings. The van der Waals surface area contributed by atoms with E-state index in [0.717, 1.165) is 5.69 Å². The zero-order valence-corrected chi connectivity index (χ0v) is 15.9. The van der Waals surface area contributed by atoms with E-state index in [-0.39, 0.29) is 5.57 Å². The van der Waals surface area contributed by atoms with Crippen LogP contribution in [0.25, 0.3) is 6.08 Å². The van der Waals surface area contributed by atoms with E-state index >= 15 is 0 Å². The average molecular weight is 379 g/mol. The van der Waals surface area contributed by atoms with Crippen molar-refractivity contribution in [1.29, 1.82) is 5.26 Å². The number of carbonyl (C=O) groups is 2. The Hall–Kier alpha value is -3.79. The van der Waals surface area contributed by atoms with Gasteiger partial charge in [0.15, 0.2) is 6.61 Å². The summed E-state index contributed by atoms with van der Waals surface area (Å²) in [6.45, 7) is -0.518. The maximum absolute atomic E-state index is 12.1. The van der Waals surface area contributed by atoms with Crippen molar-refractivity contribution in [3.63, 3.8) is 0 Å². The number of methoxy groups -OCH3 is 1. The zero-order chi connectivity index (χ0) is 20.5. The molecule has 28 heavy (non-hydrogen) atoms. The van der Waals surface area contributed by atoms with Gasteiger partial charge < -0.3 is 19.7 Å². The lowest BCUT2D eigenvalue weighted by Crippen LogP contribution is -2.21. The molecule has 0 unspecified atom stereocenters. The second kappa shape index (κ2) is 9.78. The van der Waals surface area contributed by atoms with Crippen LogP contribution in [0.3, 0.4) is 0 Å². The highest BCUT2D eigenvalue weighted by Crippen LogP contribution is 2.22. The van der Waals surface area contributed by atoms with Crippen LogP contribution in [0.4, 0.5) is 11.4 Å². The largest absolute Gasteiger partial charge is 0.495 e. The normalized spacial score (nSPS) is 10.6. The number of nitrogens with one attached hydrogen (secondary N) is 1. The summed E-state index contributed by atoms with van der Waals surface area (Å²) >= 11 is 0. The van der Waals surface area contributed by atoms with E-state index in [4.69, 9.17) is 9.47 Å². The molecule has 0 aliphatic rings. The van der Waals surface area contributed by atoms with Gasteiger partial charge in [0.25, 0.3) is 5.91 Å². The lowest BCUT2D eigenvalue weighted by molar-refractivity contribution is -0.142. The monoisotopic (exact) mass is 379 g/mol. The molecule has 0 aliphatic heterocycles. The lowest BCUT2D eigenvalue weighted by atomic mass is 10.1. The second-order valence-electron chi connectivity index (χ2n) is 5.98. The standard InChI is InChI=1S/C21H21N3O4/c1-24(2)17-10-8-15(9-11-17)12-16(13-22)21(26)28-14-20(25)23-18-6-4-5-7-19(18)27-3/h4-12H,14H2,1-3H3,(H,23,25)/b16-12+. The molecule has 2 aromatic carbocycles. The minimum absolute atomic E-state index is 0.192. The van der Waals surface area contributed by atoms with Gasteiger partial charge >= 0.3 is 5.97 Å². The van der Waals surface area contributed by atoms with Crippen LogP contribution in [0.1, 0.15) is 5.56 Å². The molecule has 144 valence electrons. The first-order valence-electron chi connectivity index (χ1n) is 8.43. The smallest absolute Gasteiger partial charge is 0.349 e. The highest BCUT2D eigenvalue weighted by atomic mass is 16.5. The highest BCUT2D eigenvalue weighted by molar-refractivity contribution is 6.00. The van der Waals surface area contributed by atoms with Crippen LogP contribution in [-0.4, -0.2) is 39.7 Å². The average Bonchev–Trinajstić information content (AvgIpc) is 2.71. The van der Waals surface area contributed by atoms with Gasteiger partial charge in [-0.3, -0.25) is 4.79 Å². The van der Waals surface area contributed by atoms with E-state index in [9.17, 15) is 14.9 Å². The molecule has 7 nitrogen and oxygen atoms in total. The molecule has 2 rings (SSSR count). The van der Waals surface area contributed by atoms with Crippen molar-refractivity contribution in [1.82, 2.24) is 0 Å². The second-order valence-corrected chi connectivity index (χ2v) is 5.98. The molecule has 0 spiro atoms. The first-order valence-corrected chi connectivity index (χ1v) is 8.43. The lowest BCUT2D eigenvalue weighted by Gasteiger charge is -2.12. The maximum Gasteiger partial charge on any atom is 0.349 e. The van der Waals surface area contributed by atoms with Crippen molar-refractivity contribution in [2.45, 2.75) is 0 Å². The number of para-hydroxylation sites is 2. The molecule has 0 radical (unpaired) electrons. The van der Waals surface area contributed by atoms with E-state index in [0.29, 0.717) is 17.0 Å². The number of amides is 1. The predicted octanol–water partition coefficient (Wildman–Crippen LogP) is 2.85. The third-order valence-corrected chi connectivity index (χ3v) is 3.78. The Morgan fingerprint density at radius 2 is 1.82 bits per heavy atom. The van der Waals surface area contributed by atoms with E-state index in [1.165, 1.54) is 13.2 Å². The molecule has 7 heteroatoms. The van der Waals surface area contributed by atoms with Gasteiger partial charge in [0.2, 0.25) is 0 Å². The van der Waals surface area contributed by atoms with Gasteiger partial charge in [0, 0.05) is 19.8 Å². The quantitative estimate of drug-likeness (QED) is 0.452. The van der Waals surface area contributed by atoms with Crippen LogP contribution in [0.15, 0.2) is 54.1 Å². The van der Waals surface area contributed by atoms with Gasteiger partial charge in [-0.25, -0.2) is 4.79 Å². The molecule has 0 saturated carbocycles. The molecule has 0 bridgehead atoms. The molecule has 0 heterocycles.